The van der Waals surface area contributed by atoms with Gasteiger partial charge in [-0.3, -0.25) is 0 Å². The van der Waals surface area contributed by atoms with Crippen LogP contribution >= 0.6 is 38.2 Å². The molecular formula is C6HBrCl2F3NO3S. The fourth-order valence-corrected chi connectivity index (χ4v) is 2.68. The van der Waals surface area contributed by atoms with Crippen molar-refractivity contribution in [2.24, 2.45) is 0 Å². The minimum absolute atomic E-state index is 0.146. The van der Waals surface area contributed by atoms with Crippen molar-refractivity contribution in [3.05, 3.63) is 15.6 Å². The Morgan fingerprint density at radius 3 is 2.35 bits per heavy atom. The molecule has 0 spiro atoms. The molecule has 96 valence electrons. The lowest BCUT2D eigenvalue weighted by Gasteiger charge is -2.10. The lowest BCUT2D eigenvalue weighted by atomic mass is 10.5. The first-order valence-electron chi connectivity index (χ1n) is 3.57. The zero-order valence-corrected chi connectivity index (χ0v) is 11.3. The van der Waals surface area contributed by atoms with Gasteiger partial charge in [0.2, 0.25) is 5.88 Å². The van der Waals surface area contributed by atoms with E-state index in [0.717, 1.165) is 6.07 Å². The summed E-state index contributed by atoms with van der Waals surface area (Å²) in [5.74, 6) is -0.993. The van der Waals surface area contributed by atoms with E-state index in [2.05, 4.69) is 25.7 Å². The molecular weight excluding hydrogens is 374 g/mol. The number of hydrogen-bond donors (Lipinski definition) is 0. The average Bonchev–Trinajstić information content (AvgIpc) is 2.06. The summed E-state index contributed by atoms with van der Waals surface area (Å²) in [5.41, 5.74) is 0. The number of nitrogens with zero attached hydrogens (tertiary/aromatic N) is 1. The molecule has 1 aromatic rings. The minimum atomic E-state index is -5.01. The molecule has 0 saturated heterocycles. The van der Waals surface area contributed by atoms with Crippen LogP contribution in [0.5, 0.6) is 5.88 Å². The van der Waals surface area contributed by atoms with Gasteiger partial charge in [-0.1, -0.05) is 11.6 Å². The summed E-state index contributed by atoms with van der Waals surface area (Å²) in [5, 5.41) is -1.36. The van der Waals surface area contributed by atoms with E-state index < -0.39 is 31.3 Å². The van der Waals surface area contributed by atoms with Crippen LogP contribution < -0.4 is 4.74 Å². The minimum Gasteiger partial charge on any atom is -0.388 e. The third-order valence-electron chi connectivity index (χ3n) is 1.31. The van der Waals surface area contributed by atoms with Crippen molar-refractivity contribution in [2.75, 3.05) is 0 Å². The van der Waals surface area contributed by atoms with Gasteiger partial charge < -0.3 is 4.74 Å². The highest BCUT2D eigenvalue weighted by molar-refractivity contribution is 9.10. The van der Waals surface area contributed by atoms with E-state index in [1.165, 1.54) is 0 Å². The smallest absolute Gasteiger partial charge is 0.388 e. The van der Waals surface area contributed by atoms with Crippen LogP contribution in [0.15, 0.2) is 15.6 Å². The van der Waals surface area contributed by atoms with Crippen LogP contribution in [0.1, 0.15) is 0 Å². The highest BCUT2D eigenvalue weighted by atomic mass is 79.9. The van der Waals surface area contributed by atoms with E-state index in [0.29, 0.717) is 0 Å². The van der Waals surface area contributed by atoms with Crippen LogP contribution in [0.2, 0.25) is 5.02 Å². The van der Waals surface area contributed by atoms with Crippen molar-refractivity contribution < 1.29 is 26.3 Å². The number of ether oxygens (including phenoxy) is 1. The third kappa shape index (κ3) is 4.16. The molecule has 0 fully saturated rings. The maximum atomic E-state index is 11.9. The Bertz CT molecular complexity index is 548. The molecule has 11 heteroatoms. The van der Waals surface area contributed by atoms with Crippen LogP contribution in [-0.2, 0) is 9.05 Å². The van der Waals surface area contributed by atoms with E-state index in [4.69, 9.17) is 22.3 Å². The van der Waals surface area contributed by atoms with Crippen LogP contribution in [0.25, 0.3) is 0 Å². The van der Waals surface area contributed by atoms with Gasteiger partial charge in [-0.25, -0.2) is 8.42 Å². The number of aromatic nitrogens is 1. The molecule has 1 aromatic heterocycles. The fourth-order valence-electron chi connectivity index (χ4n) is 0.788. The van der Waals surface area contributed by atoms with Crippen molar-refractivity contribution >= 4 is 47.3 Å². The lowest BCUT2D eigenvalue weighted by Crippen LogP contribution is -2.18. The molecule has 0 aromatic carbocycles. The monoisotopic (exact) mass is 373 g/mol. The highest BCUT2D eigenvalue weighted by Gasteiger charge is 2.33. The molecule has 1 rings (SSSR count). The number of alkyl halides is 3. The second kappa shape index (κ2) is 4.79. The van der Waals surface area contributed by atoms with Crippen LogP contribution in [0.3, 0.4) is 0 Å². The lowest BCUT2D eigenvalue weighted by molar-refractivity contribution is -0.276. The summed E-state index contributed by atoms with van der Waals surface area (Å²) in [4.78, 5) is 3.07. The number of halogens is 6. The van der Waals surface area contributed by atoms with Crippen molar-refractivity contribution in [1.82, 2.24) is 4.98 Å². The van der Waals surface area contributed by atoms with E-state index >= 15 is 0 Å². The fraction of sp³-hybridized carbons (Fsp3) is 0.167. The highest BCUT2D eigenvalue weighted by Crippen LogP contribution is 2.34. The molecule has 0 N–H and O–H groups in total. The van der Waals surface area contributed by atoms with E-state index in [1.54, 1.807) is 0 Å². The van der Waals surface area contributed by atoms with E-state index in [1.807, 2.05) is 0 Å². The van der Waals surface area contributed by atoms with Crippen LogP contribution in [-0.4, -0.2) is 19.8 Å². The number of pyridine rings is 1. The van der Waals surface area contributed by atoms with Crippen LogP contribution in [0.4, 0.5) is 13.2 Å². The van der Waals surface area contributed by atoms with Gasteiger partial charge in [-0.15, -0.1) is 13.2 Å². The predicted octanol–water partition coefficient (Wildman–Crippen LogP) is 3.32. The van der Waals surface area contributed by atoms with Crippen molar-refractivity contribution in [3.8, 4) is 5.88 Å². The second-order valence-electron chi connectivity index (χ2n) is 2.55. The molecule has 0 unspecified atom stereocenters. The molecule has 0 bridgehead atoms. The molecule has 17 heavy (non-hydrogen) atoms. The number of rotatable bonds is 2. The van der Waals surface area contributed by atoms with Gasteiger partial charge >= 0.3 is 6.36 Å². The number of hydrogen-bond acceptors (Lipinski definition) is 4. The normalized spacial score (nSPS) is 12.6. The quantitative estimate of drug-likeness (QED) is 0.745. The molecule has 0 amide bonds. The van der Waals surface area contributed by atoms with Crippen molar-refractivity contribution in [2.45, 2.75) is 11.4 Å². The molecule has 4 nitrogen and oxygen atoms in total. The Morgan fingerprint density at radius 2 is 1.94 bits per heavy atom. The Morgan fingerprint density at radius 1 is 1.41 bits per heavy atom. The topological polar surface area (TPSA) is 56.3 Å². The molecule has 0 atom stereocenters. The molecule has 0 aliphatic rings. The second-order valence-corrected chi connectivity index (χ2v) is 6.26. The largest absolute Gasteiger partial charge is 0.574 e. The van der Waals surface area contributed by atoms with Gasteiger partial charge in [0.25, 0.3) is 9.05 Å². The summed E-state index contributed by atoms with van der Waals surface area (Å²) >= 11 is 8.27. The summed E-state index contributed by atoms with van der Waals surface area (Å²) in [7, 11) is 0.564. The summed E-state index contributed by atoms with van der Waals surface area (Å²) in [6.45, 7) is 0. The van der Waals surface area contributed by atoms with Crippen molar-refractivity contribution in [1.29, 1.82) is 0 Å². The van der Waals surface area contributed by atoms with Gasteiger partial charge in [0, 0.05) is 21.2 Å². The van der Waals surface area contributed by atoms with E-state index in [-0.39, 0.29) is 4.47 Å². The summed E-state index contributed by atoms with van der Waals surface area (Å²) in [6, 6.07) is 0.765. The zero-order chi connectivity index (χ0) is 13.4. The Balaban J connectivity index is 3.35. The molecule has 0 aliphatic carbocycles. The van der Waals surface area contributed by atoms with Gasteiger partial charge in [-0.05, 0) is 15.9 Å². The van der Waals surface area contributed by atoms with Crippen LogP contribution in [0, 0.1) is 0 Å². The first-order valence-corrected chi connectivity index (χ1v) is 7.05. The first-order chi connectivity index (χ1) is 7.50. The third-order valence-corrected chi connectivity index (χ3v) is 3.85. The van der Waals surface area contributed by atoms with Gasteiger partial charge in [0.1, 0.15) is 0 Å². The average molecular weight is 375 g/mol. The van der Waals surface area contributed by atoms with Crippen molar-refractivity contribution in [3.63, 3.8) is 0 Å². The predicted molar refractivity (Wildman–Crippen MR) is 56.7 cm³/mol. The Hall–Kier alpha value is -0.250. The Kier molecular flexibility index (Phi) is 4.17. The molecule has 1 heterocycles. The van der Waals surface area contributed by atoms with E-state index in [9.17, 15) is 21.6 Å². The maximum absolute atomic E-state index is 11.9. The van der Waals surface area contributed by atoms with Gasteiger partial charge in [0.15, 0.2) is 5.03 Å². The SMILES string of the molecule is O=S(=O)(Cl)c1nc(OC(F)(F)F)cc(Br)c1Cl. The standard InChI is InChI=1S/C6HBrCl2F3NO3S/c7-2-1-3(16-6(10,11)12)13-5(4(2)8)17(9,14)15/h1H. The zero-order valence-electron chi connectivity index (χ0n) is 7.43. The maximum Gasteiger partial charge on any atom is 0.574 e. The first kappa shape index (κ1) is 14.8. The summed E-state index contributed by atoms with van der Waals surface area (Å²) in [6.07, 6.45) is -5.01. The van der Waals surface area contributed by atoms with Gasteiger partial charge in [0.05, 0.1) is 5.02 Å². The molecule has 0 aliphatic heterocycles. The molecule has 0 saturated carbocycles. The Labute approximate surface area is 111 Å². The summed E-state index contributed by atoms with van der Waals surface area (Å²) < 4.78 is 61.0. The van der Waals surface area contributed by atoms with Gasteiger partial charge in [-0.2, -0.15) is 4.98 Å². The molecule has 0 radical (unpaired) electrons.